The Morgan fingerprint density at radius 2 is 2.15 bits per heavy atom. The molecule has 114 valence electrons. The third-order valence-corrected chi connectivity index (χ3v) is 7.34. The molecule has 0 aliphatic carbocycles. The maximum atomic E-state index is 12.0. The number of halogens is 2. The third kappa shape index (κ3) is 4.66. The molecule has 0 radical (unpaired) electrons. The van der Waals surface area contributed by atoms with Gasteiger partial charge in [0.15, 0.2) is 0 Å². The van der Waals surface area contributed by atoms with Gasteiger partial charge in [0, 0.05) is 19.6 Å². The number of rotatable bonds is 6. The number of morpholine rings is 1. The Balaban J connectivity index is 1.77. The van der Waals surface area contributed by atoms with Crippen LogP contribution in [0.5, 0.6) is 0 Å². The zero-order valence-corrected chi connectivity index (χ0v) is 14.7. The van der Waals surface area contributed by atoms with Crippen molar-refractivity contribution >= 4 is 48.9 Å². The molecule has 0 unspecified atom stereocenters. The van der Waals surface area contributed by atoms with E-state index < -0.39 is 10.0 Å². The number of sulfonamides is 1. The van der Waals surface area contributed by atoms with Crippen molar-refractivity contribution < 1.29 is 13.2 Å². The normalized spacial score (nSPS) is 17.5. The molecule has 2 rings (SSSR count). The lowest BCUT2D eigenvalue weighted by Gasteiger charge is -2.26. The van der Waals surface area contributed by atoms with Crippen LogP contribution in [0.15, 0.2) is 14.1 Å². The van der Waals surface area contributed by atoms with Gasteiger partial charge in [0.1, 0.15) is 4.21 Å². The van der Waals surface area contributed by atoms with Crippen LogP contribution in [-0.4, -0.2) is 52.7 Å². The Bertz CT molecular complexity index is 524. The number of hydrogen-bond acceptors (Lipinski definition) is 5. The van der Waals surface area contributed by atoms with Crippen molar-refractivity contribution in [2.75, 3.05) is 39.4 Å². The van der Waals surface area contributed by atoms with Gasteiger partial charge in [-0.2, -0.15) is 0 Å². The maximum Gasteiger partial charge on any atom is 0.250 e. The van der Waals surface area contributed by atoms with Crippen LogP contribution in [-0.2, 0) is 14.8 Å². The molecule has 0 bridgehead atoms. The molecule has 5 nitrogen and oxygen atoms in total. The Labute approximate surface area is 136 Å². The van der Waals surface area contributed by atoms with Gasteiger partial charge in [-0.25, -0.2) is 13.1 Å². The smallest absolute Gasteiger partial charge is 0.250 e. The van der Waals surface area contributed by atoms with Gasteiger partial charge in [-0.05, 0) is 35.0 Å². The summed E-state index contributed by atoms with van der Waals surface area (Å²) in [7, 11) is -3.45. The fourth-order valence-corrected chi connectivity index (χ4v) is 5.38. The van der Waals surface area contributed by atoms with Crippen LogP contribution in [0.1, 0.15) is 6.42 Å². The highest BCUT2D eigenvalue weighted by Crippen LogP contribution is 2.34. The van der Waals surface area contributed by atoms with Crippen LogP contribution in [0.25, 0.3) is 0 Å². The number of nitrogens with one attached hydrogen (secondary N) is 1. The van der Waals surface area contributed by atoms with E-state index in [-0.39, 0.29) is 4.21 Å². The van der Waals surface area contributed by atoms with Crippen molar-refractivity contribution in [3.8, 4) is 0 Å². The molecule has 1 saturated heterocycles. The average molecular weight is 404 g/mol. The van der Waals surface area contributed by atoms with E-state index in [0.29, 0.717) is 15.4 Å². The molecule has 20 heavy (non-hydrogen) atoms. The summed E-state index contributed by atoms with van der Waals surface area (Å²) >= 11 is 10.2. The Morgan fingerprint density at radius 3 is 2.75 bits per heavy atom. The predicted octanol–water partition coefficient (Wildman–Crippen LogP) is 2.16. The Morgan fingerprint density at radius 1 is 1.45 bits per heavy atom. The first-order chi connectivity index (χ1) is 9.49. The van der Waals surface area contributed by atoms with Gasteiger partial charge in [0.2, 0.25) is 10.0 Å². The van der Waals surface area contributed by atoms with Gasteiger partial charge in [-0.15, -0.1) is 11.3 Å². The van der Waals surface area contributed by atoms with Crippen LogP contribution in [0.3, 0.4) is 0 Å². The zero-order chi connectivity index (χ0) is 14.6. The molecule has 9 heteroatoms. The first-order valence-corrected chi connectivity index (χ1v) is 9.71. The maximum absolute atomic E-state index is 12.0. The molecular formula is C11H16BrClN2O3S2. The van der Waals surface area contributed by atoms with Gasteiger partial charge >= 0.3 is 0 Å². The topological polar surface area (TPSA) is 58.6 Å². The van der Waals surface area contributed by atoms with Gasteiger partial charge in [-0.3, -0.25) is 4.90 Å². The highest BCUT2D eigenvalue weighted by atomic mass is 79.9. The van der Waals surface area contributed by atoms with Crippen molar-refractivity contribution in [1.82, 2.24) is 9.62 Å². The van der Waals surface area contributed by atoms with Crippen LogP contribution < -0.4 is 4.72 Å². The lowest BCUT2D eigenvalue weighted by molar-refractivity contribution is 0.0376. The van der Waals surface area contributed by atoms with E-state index in [1.807, 2.05) is 0 Å². The minimum absolute atomic E-state index is 0.237. The van der Waals surface area contributed by atoms with Crippen molar-refractivity contribution in [3.05, 3.63) is 14.9 Å². The SMILES string of the molecule is O=S(=O)(NCCCN1CCOCC1)c1cc(Cl)c(Br)s1. The Hall–Kier alpha value is 0.300. The summed E-state index contributed by atoms with van der Waals surface area (Å²) in [5.74, 6) is 0. The second kappa shape index (κ2) is 7.53. The van der Waals surface area contributed by atoms with Gasteiger partial charge < -0.3 is 4.74 Å². The average Bonchev–Trinajstić information content (AvgIpc) is 2.77. The van der Waals surface area contributed by atoms with Crippen LogP contribution >= 0.6 is 38.9 Å². The molecule has 1 fully saturated rings. The number of nitrogens with zero attached hydrogens (tertiary/aromatic N) is 1. The van der Waals surface area contributed by atoms with Crippen molar-refractivity contribution in [2.24, 2.45) is 0 Å². The van der Waals surface area contributed by atoms with Crippen LogP contribution in [0.2, 0.25) is 5.02 Å². The van der Waals surface area contributed by atoms with Gasteiger partial charge in [0.05, 0.1) is 22.0 Å². The Kier molecular flexibility index (Phi) is 6.27. The molecule has 1 aliphatic rings. The number of thiophene rings is 1. The first kappa shape index (κ1) is 16.7. The largest absolute Gasteiger partial charge is 0.379 e. The molecule has 1 aromatic rings. The van der Waals surface area contributed by atoms with E-state index in [0.717, 1.165) is 50.6 Å². The van der Waals surface area contributed by atoms with Crippen molar-refractivity contribution in [3.63, 3.8) is 0 Å². The molecule has 0 aromatic carbocycles. The predicted molar refractivity (Wildman–Crippen MR) is 84.1 cm³/mol. The van der Waals surface area contributed by atoms with Crippen molar-refractivity contribution in [2.45, 2.75) is 10.6 Å². The van der Waals surface area contributed by atoms with E-state index >= 15 is 0 Å². The highest BCUT2D eigenvalue weighted by Gasteiger charge is 2.18. The molecule has 1 aliphatic heterocycles. The highest BCUT2D eigenvalue weighted by molar-refractivity contribution is 9.11. The summed E-state index contributed by atoms with van der Waals surface area (Å²) in [6.45, 7) is 4.65. The molecule has 2 heterocycles. The standard InChI is InChI=1S/C11H16BrClN2O3S2/c12-11-9(13)8-10(19-11)20(16,17)14-2-1-3-15-4-6-18-7-5-15/h8,14H,1-7H2. The second-order valence-corrected chi connectivity index (χ2v) is 9.16. The molecule has 0 amide bonds. The van der Waals surface area contributed by atoms with Gasteiger partial charge in [-0.1, -0.05) is 11.6 Å². The number of ether oxygens (including phenoxy) is 1. The van der Waals surface area contributed by atoms with E-state index in [9.17, 15) is 8.42 Å². The van der Waals surface area contributed by atoms with E-state index in [1.165, 1.54) is 6.07 Å². The van der Waals surface area contributed by atoms with E-state index in [4.69, 9.17) is 16.3 Å². The zero-order valence-electron chi connectivity index (χ0n) is 10.8. The first-order valence-electron chi connectivity index (χ1n) is 6.23. The molecule has 1 N–H and O–H groups in total. The summed E-state index contributed by atoms with van der Waals surface area (Å²) in [6, 6.07) is 1.46. The minimum Gasteiger partial charge on any atom is -0.379 e. The lowest BCUT2D eigenvalue weighted by Crippen LogP contribution is -2.38. The summed E-state index contributed by atoms with van der Waals surface area (Å²) < 4.78 is 32.8. The van der Waals surface area contributed by atoms with E-state index in [2.05, 4.69) is 25.6 Å². The van der Waals surface area contributed by atoms with Crippen LogP contribution in [0.4, 0.5) is 0 Å². The van der Waals surface area contributed by atoms with Crippen LogP contribution in [0, 0.1) is 0 Å². The molecule has 0 saturated carbocycles. The molecular weight excluding hydrogens is 388 g/mol. The summed E-state index contributed by atoms with van der Waals surface area (Å²) in [5.41, 5.74) is 0. The third-order valence-electron chi connectivity index (χ3n) is 2.93. The lowest BCUT2D eigenvalue weighted by atomic mass is 10.3. The minimum atomic E-state index is -3.45. The molecule has 0 atom stereocenters. The number of hydrogen-bond donors (Lipinski definition) is 1. The molecule has 0 spiro atoms. The van der Waals surface area contributed by atoms with E-state index in [1.54, 1.807) is 0 Å². The fourth-order valence-electron chi connectivity index (χ4n) is 1.86. The summed E-state index contributed by atoms with van der Waals surface area (Å²) in [5, 5.41) is 0.420. The van der Waals surface area contributed by atoms with Gasteiger partial charge in [0.25, 0.3) is 0 Å². The quantitative estimate of drug-likeness (QED) is 0.740. The van der Waals surface area contributed by atoms with Crippen molar-refractivity contribution in [1.29, 1.82) is 0 Å². The summed E-state index contributed by atoms with van der Waals surface area (Å²) in [6.07, 6.45) is 0.777. The fraction of sp³-hybridized carbons (Fsp3) is 0.636. The monoisotopic (exact) mass is 402 g/mol. The summed E-state index contributed by atoms with van der Waals surface area (Å²) in [4.78, 5) is 2.27. The molecule has 1 aromatic heterocycles. The second-order valence-electron chi connectivity index (χ2n) is 4.39.